The van der Waals surface area contributed by atoms with Crippen molar-refractivity contribution < 1.29 is 28.6 Å². The molecule has 8 nitrogen and oxygen atoms in total. The van der Waals surface area contributed by atoms with E-state index in [4.69, 9.17) is 9.47 Å². The standard InChI is InChI=1S/C21H27N2O6PS/c1-15(2)29-19-11-17(21(24)23-14-31-9-8-22-3)10-18(12-19)28-13-16-4-6-20(7-5-16)30(25,26)27/h4-12,15,22H,13-14H2,1-3H3,(H,23,24)(H2,25,26,27)/b9-8-. The molecular weight excluding hydrogens is 439 g/mol. The van der Waals surface area contributed by atoms with Crippen molar-refractivity contribution in [3.63, 3.8) is 0 Å². The van der Waals surface area contributed by atoms with Gasteiger partial charge in [-0.1, -0.05) is 12.1 Å². The van der Waals surface area contributed by atoms with Crippen LogP contribution in [0, 0.1) is 0 Å². The quantitative estimate of drug-likeness (QED) is 0.227. The Morgan fingerprint density at radius 3 is 2.45 bits per heavy atom. The Morgan fingerprint density at radius 1 is 1.16 bits per heavy atom. The zero-order valence-electron chi connectivity index (χ0n) is 17.6. The molecule has 2 rings (SSSR count). The van der Waals surface area contributed by atoms with Crippen molar-refractivity contribution >= 4 is 30.6 Å². The third-order valence-electron chi connectivity index (χ3n) is 3.84. The molecule has 0 atom stereocenters. The Hall–Kier alpha value is -2.45. The van der Waals surface area contributed by atoms with Crippen molar-refractivity contribution in [3.05, 3.63) is 65.2 Å². The number of hydrogen-bond acceptors (Lipinski definition) is 6. The van der Waals surface area contributed by atoms with Gasteiger partial charge in [-0.2, -0.15) is 0 Å². The van der Waals surface area contributed by atoms with E-state index in [9.17, 15) is 19.1 Å². The molecule has 0 spiro atoms. The molecule has 0 radical (unpaired) electrons. The summed E-state index contributed by atoms with van der Waals surface area (Å²) < 4.78 is 22.8. The molecule has 0 unspecified atom stereocenters. The highest BCUT2D eigenvalue weighted by atomic mass is 32.2. The minimum Gasteiger partial charge on any atom is -0.491 e. The fourth-order valence-corrected chi connectivity index (χ4v) is 3.53. The van der Waals surface area contributed by atoms with Crippen LogP contribution in [0.5, 0.6) is 11.5 Å². The van der Waals surface area contributed by atoms with E-state index in [1.807, 2.05) is 19.3 Å². The lowest BCUT2D eigenvalue weighted by Gasteiger charge is -2.14. The first-order valence-corrected chi connectivity index (χ1v) is 12.2. The highest BCUT2D eigenvalue weighted by Gasteiger charge is 2.16. The second-order valence-electron chi connectivity index (χ2n) is 6.77. The van der Waals surface area contributed by atoms with Gasteiger partial charge in [-0.25, -0.2) is 0 Å². The summed E-state index contributed by atoms with van der Waals surface area (Å²) in [5, 5.41) is 7.48. The monoisotopic (exact) mass is 466 g/mol. The fraction of sp³-hybridized carbons (Fsp3) is 0.286. The molecule has 2 aromatic rings. The maximum absolute atomic E-state index is 12.5. The molecule has 0 saturated heterocycles. The number of amides is 1. The minimum atomic E-state index is -4.28. The van der Waals surface area contributed by atoms with E-state index in [-0.39, 0.29) is 23.9 Å². The van der Waals surface area contributed by atoms with Crippen LogP contribution in [0.4, 0.5) is 0 Å². The second-order valence-corrected chi connectivity index (χ2v) is 9.27. The first-order valence-electron chi connectivity index (χ1n) is 9.50. The van der Waals surface area contributed by atoms with E-state index in [1.54, 1.807) is 43.6 Å². The van der Waals surface area contributed by atoms with Gasteiger partial charge in [0.25, 0.3) is 5.91 Å². The minimum absolute atomic E-state index is 0.0510. The van der Waals surface area contributed by atoms with Crippen molar-refractivity contribution in [1.29, 1.82) is 0 Å². The topological polar surface area (TPSA) is 117 Å². The number of ether oxygens (including phenoxy) is 2. The number of carbonyl (C=O) groups excluding carboxylic acids is 1. The third-order valence-corrected chi connectivity index (χ3v) is 5.45. The van der Waals surface area contributed by atoms with Crippen molar-refractivity contribution in [2.75, 3.05) is 12.9 Å². The Balaban J connectivity index is 2.10. The Kier molecular flexibility index (Phi) is 9.45. The maximum Gasteiger partial charge on any atom is 0.356 e. The number of benzene rings is 2. The Bertz CT molecular complexity index is 943. The van der Waals surface area contributed by atoms with Gasteiger partial charge in [0.2, 0.25) is 0 Å². The van der Waals surface area contributed by atoms with Crippen LogP contribution >= 0.6 is 19.4 Å². The Labute approximate surface area is 186 Å². The second kappa shape index (κ2) is 11.8. The predicted octanol–water partition coefficient (Wildman–Crippen LogP) is 2.97. The van der Waals surface area contributed by atoms with E-state index < -0.39 is 7.60 Å². The van der Waals surface area contributed by atoms with Crippen LogP contribution in [-0.4, -0.2) is 34.7 Å². The molecule has 4 N–H and O–H groups in total. The smallest absolute Gasteiger partial charge is 0.356 e. The fourth-order valence-electron chi connectivity index (χ4n) is 2.45. The number of hydrogen-bond donors (Lipinski definition) is 4. The summed E-state index contributed by atoms with van der Waals surface area (Å²) in [6.45, 7) is 3.94. The van der Waals surface area contributed by atoms with E-state index in [2.05, 4.69) is 10.6 Å². The van der Waals surface area contributed by atoms with Crippen molar-refractivity contribution in [2.24, 2.45) is 0 Å². The summed E-state index contributed by atoms with van der Waals surface area (Å²) in [7, 11) is -2.48. The van der Waals surface area contributed by atoms with E-state index in [1.165, 1.54) is 23.9 Å². The van der Waals surface area contributed by atoms with Crippen LogP contribution in [-0.2, 0) is 11.2 Å². The van der Waals surface area contributed by atoms with Crippen molar-refractivity contribution in [1.82, 2.24) is 10.6 Å². The molecule has 0 aliphatic heterocycles. The summed E-state index contributed by atoms with van der Waals surface area (Å²) in [6.07, 6.45) is 1.69. The molecule has 0 heterocycles. The van der Waals surface area contributed by atoms with Gasteiger partial charge in [0.15, 0.2) is 0 Å². The molecule has 31 heavy (non-hydrogen) atoms. The molecule has 0 aliphatic rings. The number of rotatable bonds is 11. The molecule has 0 aliphatic carbocycles. The first kappa shape index (κ1) is 24.8. The predicted molar refractivity (Wildman–Crippen MR) is 123 cm³/mol. The highest BCUT2D eigenvalue weighted by molar-refractivity contribution is 8.02. The lowest BCUT2D eigenvalue weighted by atomic mass is 10.2. The molecule has 10 heteroatoms. The number of nitrogens with one attached hydrogen (secondary N) is 2. The zero-order chi connectivity index (χ0) is 22.9. The third kappa shape index (κ3) is 8.67. The van der Waals surface area contributed by atoms with Crippen molar-refractivity contribution in [3.8, 4) is 11.5 Å². The van der Waals surface area contributed by atoms with Crippen LogP contribution in [0.3, 0.4) is 0 Å². The summed E-state index contributed by atoms with van der Waals surface area (Å²) in [6, 6.07) is 10.9. The van der Waals surface area contributed by atoms with Crippen LogP contribution < -0.4 is 25.4 Å². The summed E-state index contributed by atoms with van der Waals surface area (Å²) in [5.74, 6) is 1.12. The van der Waals surface area contributed by atoms with Crippen LogP contribution in [0.2, 0.25) is 0 Å². The molecule has 0 aromatic heterocycles. The summed E-state index contributed by atoms with van der Waals surface area (Å²) >= 11 is 1.44. The molecule has 0 saturated carbocycles. The summed E-state index contributed by atoms with van der Waals surface area (Å²) in [5.41, 5.74) is 1.13. The Morgan fingerprint density at radius 2 is 1.84 bits per heavy atom. The largest absolute Gasteiger partial charge is 0.491 e. The molecule has 1 amide bonds. The van der Waals surface area contributed by atoms with E-state index >= 15 is 0 Å². The number of thioether (sulfide) groups is 1. The average molecular weight is 466 g/mol. The van der Waals surface area contributed by atoms with Gasteiger partial charge >= 0.3 is 7.60 Å². The van der Waals surface area contributed by atoms with Gasteiger partial charge in [0, 0.05) is 24.9 Å². The molecule has 0 bridgehead atoms. The molecule has 168 valence electrons. The lowest BCUT2D eigenvalue weighted by Crippen LogP contribution is -2.22. The van der Waals surface area contributed by atoms with Crippen LogP contribution in [0.1, 0.15) is 29.8 Å². The molecule has 0 fully saturated rings. The molecule has 2 aromatic carbocycles. The lowest BCUT2D eigenvalue weighted by molar-refractivity contribution is 0.0959. The zero-order valence-corrected chi connectivity index (χ0v) is 19.3. The van der Waals surface area contributed by atoms with Gasteiger partial charge in [-0.05, 0) is 49.1 Å². The van der Waals surface area contributed by atoms with Gasteiger partial charge < -0.3 is 29.9 Å². The summed E-state index contributed by atoms with van der Waals surface area (Å²) in [4.78, 5) is 30.9. The normalized spacial score (nSPS) is 11.5. The van der Waals surface area contributed by atoms with Gasteiger partial charge in [0.05, 0.1) is 17.3 Å². The van der Waals surface area contributed by atoms with Crippen LogP contribution in [0.15, 0.2) is 54.1 Å². The van der Waals surface area contributed by atoms with Crippen LogP contribution in [0.25, 0.3) is 0 Å². The average Bonchev–Trinajstić information content (AvgIpc) is 2.71. The van der Waals surface area contributed by atoms with Gasteiger partial charge in [-0.3, -0.25) is 9.36 Å². The van der Waals surface area contributed by atoms with E-state index in [0.717, 1.165) is 5.56 Å². The number of carbonyl (C=O) groups is 1. The van der Waals surface area contributed by atoms with Gasteiger partial charge in [0.1, 0.15) is 18.1 Å². The first-order chi connectivity index (χ1) is 14.7. The highest BCUT2D eigenvalue weighted by Crippen LogP contribution is 2.33. The van der Waals surface area contributed by atoms with E-state index in [0.29, 0.717) is 22.9 Å². The van der Waals surface area contributed by atoms with Gasteiger partial charge in [-0.15, -0.1) is 11.8 Å². The SMILES string of the molecule is CN/C=C\SCNC(=O)c1cc(OCc2ccc(P(=O)(O)O)cc2)cc(OC(C)C)c1. The molecular formula is C21H27N2O6PS. The van der Waals surface area contributed by atoms with Crippen molar-refractivity contribution in [2.45, 2.75) is 26.6 Å². The maximum atomic E-state index is 12.5.